The Labute approximate surface area is 646 Å². The van der Waals surface area contributed by atoms with Gasteiger partial charge in [0.25, 0.3) is 11.8 Å². The zero-order valence-electron chi connectivity index (χ0n) is 60.6. The number of benzene rings is 1. The van der Waals surface area contributed by atoms with Crippen LogP contribution < -0.4 is 76.5 Å². The van der Waals surface area contributed by atoms with Crippen LogP contribution in [-0.2, 0) is 97.5 Å². The van der Waals surface area contributed by atoms with Crippen LogP contribution in [0.2, 0.25) is 0 Å². The van der Waals surface area contributed by atoms with Gasteiger partial charge in [-0.25, -0.2) is 9.78 Å². The number of phenols is 1. The molecule has 0 spiro atoms. The fourth-order valence-electron chi connectivity index (χ4n) is 11.1. The second kappa shape index (κ2) is 43.4. The van der Waals surface area contributed by atoms with E-state index in [1.807, 2.05) is 13.8 Å². The molecular weight excluding hydrogens is 1530 g/mol. The molecule has 5 aliphatic rings. The highest BCUT2D eigenvalue weighted by Gasteiger charge is 2.55. The number of ether oxygens (including phenoxy) is 1. The van der Waals surface area contributed by atoms with Gasteiger partial charge in [0.1, 0.15) is 84.6 Å². The number of thioether (sulfide) groups is 2. The van der Waals surface area contributed by atoms with Crippen LogP contribution in [0.15, 0.2) is 46.1 Å². The van der Waals surface area contributed by atoms with Crippen molar-refractivity contribution >= 4 is 167 Å². The minimum atomic E-state index is -1.75. The number of primary amides is 3. The number of carboxylic acid groups (broad SMARTS) is 1. The van der Waals surface area contributed by atoms with Crippen molar-refractivity contribution in [3.8, 4) is 5.75 Å². The van der Waals surface area contributed by atoms with Crippen LogP contribution in [0.1, 0.15) is 104 Å². The van der Waals surface area contributed by atoms with Crippen molar-refractivity contribution in [2.75, 3.05) is 55.6 Å². The van der Waals surface area contributed by atoms with Gasteiger partial charge in [0.2, 0.25) is 76.0 Å². The second-order valence-corrected chi connectivity index (χ2v) is 31.4. The Morgan fingerprint density at radius 2 is 1.46 bits per heavy atom. The molecular formula is C65H92N18O21S5. The van der Waals surface area contributed by atoms with E-state index in [-0.39, 0.29) is 101 Å². The standard InChI is InChI=1S/C43H66N12O12S2.C16H17N5O7S2.C6H9NO2S/c1-5-22(4)35-42(66)49-26(12-13-32(45)57)38(62)51-29(17-33(46)58)39(63)53-30(20-69-68-19-25(44)36(60)50-28(40(64)54-35)16-23-8-10-24(56)11-9-23)43(67)55-14-6-7-31(55)41(65)52-27(15-21(2)3)37(61)48-18-34(47)59;1-6(22)28-3-7-4-29-14-10(13(24)21(14)11(7)15(25)26)19-12(23)9(20-27-2)8-5-30-16(17)18-8;1-4(8)7-5-2-3-10-6(5)9/h8-11,21-22,25-31,35,56H,5-7,12-20,44H2,1-4H3,(H2,45,57)(H2,46,58)(H2,47,59)(H,48,61)(H,49,66)(H,50,60)(H,51,62)(H,52,65)(H,53,63)(H,54,64);5,10,14H,3-4H2,1-2H3,(H2,17,18)(H,19,23)(H,25,26);5H,2-3H2,1H3,(H,7,8)/b;20-9-;/t22-,25-,26-,27-,28-,29-,30-,31-,35-;10-,14-;/m01./s1. The number of carboxylic acids is 1. The summed E-state index contributed by atoms with van der Waals surface area (Å²) in [4.78, 5) is 227. The van der Waals surface area contributed by atoms with Crippen LogP contribution in [0, 0.1) is 11.8 Å². The number of nitrogen functional groups attached to an aromatic ring is 1. The van der Waals surface area contributed by atoms with E-state index < -0.39 is 180 Å². The number of amides is 14. The number of aliphatic carboxylic acids is 1. The summed E-state index contributed by atoms with van der Waals surface area (Å²) in [6, 6.07) is -6.24. The van der Waals surface area contributed by atoms with Crippen LogP contribution in [-0.4, -0.2) is 246 Å². The van der Waals surface area contributed by atoms with Gasteiger partial charge in [0.15, 0.2) is 10.8 Å². The molecule has 0 saturated carbocycles. The Bertz CT molecular complexity index is 3790. The SMILES string of the molecule is CC(=O)NC1CCSC1=O.CC[C@H](C)[C@@H]1NC(=O)[C@H](Cc2ccc(O)cc2)NC(=O)[C@@H](N)CSSC[C@@H](C(=O)N2CCC[C@H]2C(=O)N[C@@H](CC(C)C)C(=O)NCC(N)=O)NC(=O)[C@H](CC(N)=O)NC(=O)[C@H](CCC(N)=O)NC1=O.CO/N=C(\C(=O)N[C@@H]1C(=O)N2C(C(=O)O)=C(COC(C)=O)CS[C@H]12)c1csc(N)n1. The number of rotatable bonds is 25. The molecule has 1 unspecified atom stereocenters. The molecule has 1 aromatic carbocycles. The van der Waals surface area contributed by atoms with Crippen molar-refractivity contribution in [1.82, 2.24) is 62.6 Å². The first-order chi connectivity index (χ1) is 51.4. The average Bonchev–Trinajstić information content (AvgIpc) is 1.01. The molecule has 0 bridgehead atoms. The molecule has 21 N–H and O–H groups in total. The minimum absolute atomic E-state index is 0.0468. The van der Waals surface area contributed by atoms with Gasteiger partial charge in [0, 0.05) is 67.2 Å². The smallest absolute Gasteiger partial charge is 0.352 e. The molecule has 7 rings (SSSR count). The first kappa shape index (κ1) is 89.8. The van der Waals surface area contributed by atoms with E-state index in [0.717, 1.165) is 50.0 Å². The third-order valence-corrected chi connectivity index (χ3v) is 22.2. The topological polar surface area (TPSA) is 619 Å². The van der Waals surface area contributed by atoms with Crippen LogP contribution in [0.5, 0.6) is 5.75 Å². The first-order valence-corrected chi connectivity index (χ1v) is 39.5. The highest BCUT2D eigenvalue weighted by Crippen LogP contribution is 2.40. The van der Waals surface area contributed by atoms with Crippen molar-refractivity contribution in [2.45, 2.75) is 165 Å². The molecule has 109 heavy (non-hydrogen) atoms. The third kappa shape index (κ3) is 27.7. The Morgan fingerprint density at radius 1 is 0.807 bits per heavy atom. The monoisotopic (exact) mass is 1620 g/mol. The summed E-state index contributed by atoms with van der Waals surface area (Å²) >= 11 is 3.65. The molecule has 14 amide bonds. The molecule has 0 aliphatic carbocycles. The van der Waals surface area contributed by atoms with Crippen LogP contribution in [0.3, 0.4) is 0 Å². The first-order valence-electron chi connectivity index (χ1n) is 34.1. The summed E-state index contributed by atoms with van der Waals surface area (Å²) in [5.41, 5.74) is 28.6. The molecule has 39 nitrogen and oxygen atoms in total. The van der Waals surface area contributed by atoms with Gasteiger partial charge in [-0.1, -0.05) is 84.8 Å². The third-order valence-electron chi connectivity index (χ3n) is 16.7. The Hall–Kier alpha value is -9.79. The quantitative estimate of drug-likeness (QED) is 0.0148. The molecule has 4 fully saturated rings. The number of carbonyl (C=O) groups is 17. The number of esters is 1. The Morgan fingerprint density at radius 3 is 2.04 bits per heavy atom. The molecule has 44 heteroatoms. The van der Waals surface area contributed by atoms with Crippen molar-refractivity contribution in [3.05, 3.63) is 52.2 Å². The highest BCUT2D eigenvalue weighted by atomic mass is 33.1. The number of oxime groups is 1. The molecule has 1 aromatic heterocycles. The fraction of sp³-hybridized carbons (Fsp3) is 0.554. The van der Waals surface area contributed by atoms with Gasteiger partial charge in [0.05, 0.1) is 25.0 Å². The van der Waals surface area contributed by atoms with E-state index in [9.17, 15) is 91.7 Å². The lowest BCUT2D eigenvalue weighted by atomic mass is 9.96. The minimum Gasteiger partial charge on any atom is -0.508 e. The Kier molecular flexibility index (Phi) is 35.8. The maximum Gasteiger partial charge on any atom is 0.352 e. The van der Waals surface area contributed by atoms with Crippen molar-refractivity contribution in [3.63, 3.8) is 0 Å². The van der Waals surface area contributed by atoms with Crippen LogP contribution in [0.25, 0.3) is 0 Å². The maximum atomic E-state index is 14.5. The maximum absolute atomic E-state index is 14.5. The van der Waals surface area contributed by atoms with Gasteiger partial charge in [-0.3, -0.25) is 81.6 Å². The lowest BCUT2D eigenvalue weighted by Gasteiger charge is -2.49. The summed E-state index contributed by atoms with van der Waals surface area (Å²) in [6.45, 7) is 9.00. The summed E-state index contributed by atoms with van der Waals surface area (Å²) < 4.78 is 4.88. The molecule has 2 aromatic rings. The Balaban J connectivity index is 0.000000430. The highest BCUT2D eigenvalue weighted by molar-refractivity contribution is 8.76. The number of fused-ring (bicyclic) bond motifs is 1. The fourth-order valence-corrected chi connectivity index (χ4v) is 16.2. The average molecular weight is 1620 g/mol. The number of nitrogens with two attached hydrogens (primary N) is 5. The number of hydrogen-bond donors (Lipinski definition) is 16. The summed E-state index contributed by atoms with van der Waals surface area (Å²) in [6.07, 6.45) is 0.0873. The predicted molar refractivity (Wildman–Crippen MR) is 400 cm³/mol. The van der Waals surface area contributed by atoms with Crippen LogP contribution >= 0.6 is 56.4 Å². The van der Waals surface area contributed by atoms with E-state index in [4.69, 9.17) is 33.4 Å². The number of phenolic OH excluding ortho intramolecular Hbond substituents is 1. The second-order valence-electron chi connectivity index (χ2n) is 25.7. The molecule has 6 heterocycles. The molecule has 12 atom stereocenters. The number of carbonyl (C=O) groups excluding carboxylic acids is 16. The van der Waals surface area contributed by atoms with Crippen LogP contribution in [0.4, 0.5) is 5.13 Å². The van der Waals surface area contributed by atoms with Crippen molar-refractivity contribution in [1.29, 1.82) is 0 Å². The summed E-state index contributed by atoms with van der Waals surface area (Å²) in [5, 5.41) is 47.2. The molecule has 4 saturated heterocycles. The number of hydrogen-bond acceptors (Lipinski definition) is 29. The normalized spacial score (nSPS) is 23.4. The number of nitrogens with zero attached hydrogens (tertiary/aromatic N) is 4. The molecule has 0 radical (unpaired) electrons. The predicted octanol–water partition coefficient (Wildman–Crippen LogP) is -4.08. The van der Waals surface area contributed by atoms with Gasteiger partial charge in [-0.15, -0.1) is 23.1 Å². The summed E-state index contributed by atoms with van der Waals surface area (Å²) in [7, 11) is 3.30. The van der Waals surface area contributed by atoms with E-state index >= 15 is 0 Å². The van der Waals surface area contributed by atoms with Crippen molar-refractivity contribution in [2.24, 2.45) is 39.9 Å². The number of aromatic hydroxyl groups is 1. The molecule has 5 aliphatic heterocycles. The van der Waals surface area contributed by atoms with E-state index in [1.165, 1.54) is 79.0 Å². The summed E-state index contributed by atoms with van der Waals surface area (Å²) in [5.74, 6) is -12.7. The number of aromatic nitrogens is 1. The van der Waals surface area contributed by atoms with E-state index in [2.05, 4.69) is 62.8 Å². The number of thiazole rings is 1. The van der Waals surface area contributed by atoms with Gasteiger partial charge < -0.3 is 101 Å². The van der Waals surface area contributed by atoms with Gasteiger partial charge >= 0.3 is 11.9 Å². The lowest BCUT2D eigenvalue weighted by molar-refractivity contribution is -0.150. The number of anilines is 1. The van der Waals surface area contributed by atoms with Gasteiger partial charge in [-0.05, 0) is 61.6 Å². The van der Waals surface area contributed by atoms with E-state index in [1.54, 1.807) is 13.8 Å². The zero-order valence-corrected chi connectivity index (χ0v) is 64.7. The van der Waals surface area contributed by atoms with Crippen molar-refractivity contribution < 1.29 is 101 Å². The number of nitrogens with one attached hydrogen (secondary N) is 9. The largest absolute Gasteiger partial charge is 0.508 e. The van der Waals surface area contributed by atoms with Gasteiger partial charge in [-0.2, -0.15) is 0 Å². The number of β-lactam (4-membered cyclic amide) rings is 1. The number of likely N-dealkylation sites (tertiary alicyclic amines) is 1. The lowest BCUT2D eigenvalue weighted by Crippen LogP contribution is -2.71. The zero-order chi connectivity index (χ0) is 81.1. The molecule has 598 valence electrons. The van der Waals surface area contributed by atoms with E-state index in [0.29, 0.717) is 24.0 Å².